The number of aryl methyl sites for hydroxylation is 1. The molecular formula is C14H14Cl2N2O. The quantitative estimate of drug-likeness (QED) is 0.845. The minimum absolute atomic E-state index is 0.0518. The van der Waals surface area contributed by atoms with Crippen LogP contribution in [0.25, 0.3) is 0 Å². The van der Waals surface area contributed by atoms with Gasteiger partial charge in [0.05, 0.1) is 6.42 Å². The lowest BCUT2D eigenvalue weighted by Crippen LogP contribution is -2.12. The first-order valence-corrected chi connectivity index (χ1v) is 6.82. The van der Waals surface area contributed by atoms with Crippen molar-refractivity contribution in [3.63, 3.8) is 0 Å². The fourth-order valence-corrected chi connectivity index (χ4v) is 2.46. The summed E-state index contributed by atoms with van der Waals surface area (Å²) < 4.78 is 1.95. The molecule has 1 aromatic heterocycles. The van der Waals surface area contributed by atoms with Gasteiger partial charge in [-0.2, -0.15) is 0 Å². The Hall–Kier alpha value is -1.32. The highest BCUT2D eigenvalue weighted by Crippen LogP contribution is 2.25. The number of hydrogen-bond donors (Lipinski definition) is 0. The van der Waals surface area contributed by atoms with Gasteiger partial charge in [0, 0.05) is 35.4 Å². The first-order chi connectivity index (χ1) is 9.11. The average molecular weight is 297 g/mol. The van der Waals surface area contributed by atoms with Gasteiger partial charge >= 0.3 is 0 Å². The number of benzene rings is 1. The van der Waals surface area contributed by atoms with Crippen LogP contribution in [-0.4, -0.2) is 15.3 Å². The maximum Gasteiger partial charge on any atom is 0.144 e. The van der Waals surface area contributed by atoms with E-state index in [-0.39, 0.29) is 12.2 Å². The standard InChI is InChI=1S/C14H14Cl2N2O/c1-2-18-7-6-17-14(18)9-10(19)8-11-12(15)4-3-5-13(11)16/h3-7H,2,8-9H2,1H3. The SMILES string of the molecule is CCn1ccnc1CC(=O)Cc1c(Cl)cccc1Cl. The van der Waals surface area contributed by atoms with Gasteiger partial charge in [-0.25, -0.2) is 4.98 Å². The lowest BCUT2D eigenvalue weighted by molar-refractivity contribution is -0.117. The van der Waals surface area contributed by atoms with Crippen molar-refractivity contribution in [2.45, 2.75) is 26.3 Å². The van der Waals surface area contributed by atoms with Gasteiger partial charge in [0.1, 0.15) is 11.6 Å². The molecule has 0 amide bonds. The van der Waals surface area contributed by atoms with Gasteiger partial charge in [-0.15, -0.1) is 0 Å². The minimum Gasteiger partial charge on any atom is -0.335 e. The van der Waals surface area contributed by atoms with Crippen molar-refractivity contribution in [1.29, 1.82) is 0 Å². The van der Waals surface area contributed by atoms with Gasteiger partial charge in [0.2, 0.25) is 0 Å². The van der Waals surface area contributed by atoms with Crippen molar-refractivity contribution < 1.29 is 4.79 Å². The van der Waals surface area contributed by atoms with E-state index in [0.717, 1.165) is 12.4 Å². The van der Waals surface area contributed by atoms with Crippen LogP contribution in [0.3, 0.4) is 0 Å². The summed E-state index contributed by atoms with van der Waals surface area (Å²) in [4.78, 5) is 16.3. The second-order valence-corrected chi connectivity index (χ2v) is 5.04. The predicted molar refractivity (Wildman–Crippen MR) is 76.8 cm³/mol. The van der Waals surface area contributed by atoms with Gasteiger partial charge in [0.25, 0.3) is 0 Å². The number of ketones is 1. The summed E-state index contributed by atoms with van der Waals surface area (Å²) >= 11 is 12.1. The second kappa shape index (κ2) is 6.22. The maximum absolute atomic E-state index is 12.1. The van der Waals surface area contributed by atoms with Crippen molar-refractivity contribution in [3.05, 3.63) is 52.0 Å². The lowest BCUT2D eigenvalue weighted by Gasteiger charge is -2.07. The number of hydrogen-bond acceptors (Lipinski definition) is 2. The highest BCUT2D eigenvalue weighted by molar-refractivity contribution is 6.36. The molecule has 0 bridgehead atoms. The summed E-state index contributed by atoms with van der Waals surface area (Å²) in [6.07, 6.45) is 4.09. The van der Waals surface area contributed by atoms with Crippen LogP contribution in [0.15, 0.2) is 30.6 Å². The van der Waals surface area contributed by atoms with Crippen molar-refractivity contribution in [3.8, 4) is 0 Å². The third kappa shape index (κ3) is 3.37. The zero-order valence-electron chi connectivity index (χ0n) is 10.6. The molecule has 3 nitrogen and oxygen atoms in total. The Balaban J connectivity index is 2.10. The minimum atomic E-state index is 0.0518. The molecule has 5 heteroatoms. The van der Waals surface area contributed by atoms with E-state index in [4.69, 9.17) is 23.2 Å². The molecule has 0 radical (unpaired) electrons. The molecule has 0 atom stereocenters. The zero-order valence-corrected chi connectivity index (χ0v) is 12.1. The van der Waals surface area contributed by atoms with E-state index >= 15 is 0 Å². The Morgan fingerprint density at radius 2 is 1.95 bits per heavy atom. The van der Waals surface area contributed by atoms with Crippen molar-refractivity contribution in [1.82, 2.24) is 9.55 Å². The number of carbonyl (C=O) groups is 1. The Kier molecular flexibility index (Phi) is 4.61. The molecule has 0 saturated heterocycles. The van der Waals surface area contributed by atoms with Gasteiger partial charge < -0.3 is 4.57 Å². The molecule has 0 aliphatic rings. The molecule has 1 heterocycles. The summed E-state index contributed by atoms with van der Waals surface area (Å²) in [6.45, 7) is 2.82. The molecule has 0 spiro atoms. The largest absolute Gasteiger partial charge is 0.335 e. The van der Waals surface area contributed by atoms with Gasteiger partial charge in [-0.1, -0.05) is 29.3 Å². The maximum atomic E-state index is 12.1. The molecule has 2 aromatic rings. The highest BCUT2D eigenvalue weighted by atomic mass is 35.5. The van der Waals surface area contributed by atoms with Crippen LogP contribution in [-0.2, 0) is 24.2 Å². The van der Waals surface area contributed by atoms with E-state index in [1.54, 1.807) is 24.4 Å². The summed E-state index contributed by atoms with van der Waals surface area (Å²) in [6, 6.07) is 5.24. The van der Waals surface area contributed by atoms with E-state index < -0.39 is 0 Å². The molecule has 2 rings (SSSR count). The van der Waals surface area contributed by atoms with Crippen LogP contribution in [0.4, 0.5) is 0 Å². The van der Waals surface area contributed by atoms with Crippen LogP contribution < -0.4 is 0 Å². The number of nitrogens with zero attached hydrogens (tertiary/aromatic N) is 2. The normalized spacial score (nSPS) is 10.7. The molecule has 0 fully saturated rings. The Labute approximate surface area is 122 Å². The van der Waals surface area contributed by atoms with Crippen molar-refractivity contribution >= 4 is 29.0 Å². The summed E-state index contributed by atoms with van der Waals surface area (Å²) in [5.74, 6) is 0.826. The predicted octanol–water partition coefficient (Wildman–Crippen LogP) is 3.56. The van der Waals surface area contributed by atoms with E-state index in [9.17, 15) is 4.79 Å². The molecule has 19 heavy (non-hydrogen) atoms. The van der Waals surface area contributed by atoms with E-state index in [1.807, 2.05) is 17.7 Å². The molecular weight excluding hydrogens is 283 g/mol. The Morgan fingerprint density at radius 1 is 1.26 bits per heavy atom. The van der Waals surface area contributed by atoms with Gasteiger partial charge in [0.15, 0.2) is 0 Å². The summed E-state index contributed by atoms with van der Waals surface area (Å²) in [5.41, 5.74) is 0.686. The fraction of sp³-hybridized carbons (Fsp3) is 0.286. The molecule has 0 unspecified atom stereocenters. The number of halogens is 2. The first-order valence-electron chi connectivity index (χ1n) is 6.06. The second-order valence-electron chi connectivity index (χ2n) is 4.22. The number of imidazole rings is 1. The van der Waals surface area contributed by atoms with Crippen molar-refractivity contribution in [2.75, 3.05) is 0 Å². The van der Waals surface area contributed by atoms with E-state index in [1.165, 1.54) is 0 Å². The van der Waals surface area contributed by atoms with Crippen LogP contribution >= 0.6 is 23.2 Å². The Morgan fingerprint density at radius 3 is 2.58 bits per heavy atom. The van der Waals surface area contributed by atoms with Gasteiger partial charge in [-0.05, 0) is 24.6 Å². The zero-order chi connectivity index (χ0) is 13.8. The number of rotatable bonds is 5. The van der Waals surface area contributed by atoms with E-state index in [0.29, 0.717) is 22.0 Å². The molecule has 0 aliphatic heterocycles. The summed E-state index contributed by atoms with van der Waals surface area (Å²) in [7, 11) is 0. The van der Waals surface area contributed by atoms with Crippen molar-refractivity contribution in [2.24, 2.45) is 0 Å². The average Bonchev–Trinajstić information content (AvgIpc) is 2.81. The highest BCUT2D eigenvalue weighted by Gasteiger charge is 2.13. The molecule has 0 saturated carbocycles. The number of aromatic nitrogens is 2. The van der Waals surface area contributed by atoms with Crippen LogP contribution in [0.5, 0.6) is 0 Å². The topological polar surface area (TPSA) is 34.9 Å². The molecule has 1 aromatic carbocycles. The van der Waals surface area contributed by atoms with Crippen LogP contribution in [0, 0.1) is 0 Å². The third-order valence-corrected chi connectivity index (χ3v) is 3.64. The Bertz CT molecular complexity index is 573. The van der Waals surface area contributed by atoms with Crippen LogP contribution in [0.2, 0.25) is 10.0 Å². The van der Waals surface area contributed by atoms with Gasteiger partial charge in [-0.3, -0.25) is 4.79 Å². The smallest absolute Gasteiger partial charge is 0.144 e. The van der Waals surface area contributed by atoms with E-state index in [2.05, 4.69) is 4.98 Å². The lowest BCUT2D eigenvalue weighted by atomic mass is 10.1. The molecule has 0 aliphatic carbocycles. The molecule has 0 N–H and O–H groups in total. The summed E-state index contributed by atoms with van der Waals surface area (Å²) in [5, 5.41) is 1.05. The number of carbonyl (C=O) groups excluding carboxylic acids is 1. The fourth-order valence-electron chi connectivity index (χ4n) is 1.93. The third-order valence-electron chi connectivity index (χ3n) is 2.93. The van der Waals surface area contributed by atoms with Crippen LogP contribution in [0.1, 0.15) is 18.3 Å². The monoisotopic (exact) mass is 296 g/mol. The first kappa shape index (κ1) is 14.1. The number of Topliss-reactive ketones (excluding diaryl/α,β-unsaturated/α-hetero) is 1. The molecule has 100 valence electrons.